The molecule has 0 bridgehead atoms. The van der Waals surface area contributed by atoms with E-state index in [0.29, 0.717) is 12.2 Å². The molecular weight excluding hydrogens is 264 g/mol. The fourth-order valence-corrected chi connectivity index (χ4v) is 2.76. The Bertz CT molecular complexity index is 659. The van der Waals surface area contributed by atoms with Gasteiger partial charge in [0.1, 0.15) is 0 Å². The van der Waals surface area contributed by atoms with Crippen LogP contribution in [0.5, 0.6) is 0 Å². The molecule has 0 fully saturated rings. The molecule has 0 spiro atoms. The van der Waals surface area contributed by atoms with Crippen LogP contribution >= 0.6 is 0 Å². The van der Waals surface area contributed by atoms with Gasteiger partial charge < -0.3 is 9.41 Å². The lowest BCUT2D eigenvalue weighted by molar-refractivity contribution is 0.273. The number of nitrogens with zero attached hydrogens (tertiary/aromatic N) is 1. The van der Waals surface area contributed by atoms with Crippen LogP contribution in [0.2, 0.25) is 18.1 Å². The molecule has 2 rings (SSSR count). The van der Waals surface area contributed by atoms with E-state index in [4.69, 9.17) is 9.69 Å². The lowest BCUT2D eigenvalue weighted by Gasteiger charge is -2.36. The molecule has 4 heteroatoms. The highest BCUT2D eigenvalue weighted by Crippen LogP contribution is 2.37. The third-order valence-corrected chi connectivity index (χ3v) is 8.68. The molecule has 0 saturated carbocycles. The van der Waals surface area contributed by atoms with Crippen LogP contribution in [0.3, 0.4) is 0 Å². The molecule has 0 aliphatic carbocycles. The summed E-state index contributed by atoms with van der Waals surface area (Å²) in [7, 11) is -1.73. The van der Waals surface area contributed by atoms with E-state index in [9.17, 15) is 0 Å². The molecule has 106 valence electrons. The second-order valence-electron chi connectivity index (χ2n) is 6.76. The number of hydrogen-bond donors (Lipinski definition) is 1. The number of fused-ring (bicyclic) bond motifs is 1. The average Bonchev–Trinajstić information content (AvgIpc) is 2.76. The Labute approximate surface area is 121 Å². The van der Waals surface area contributed by atoms with Gasteiger partial charge in [-0.05, 0) is 41.7 Å². The van der Waals surface area contributed by atoms with Crippen molar-refractivity contribution in [1.82, 2.24) is 4.98 Å². The van der Waals surface area contributed by atoms with Gasteiger partial charge in [-0.25, -0.2) is 0 Å². The monoisotopic (exact) mass is 286 g/mol. The number of benzene rings is 1. The second-order valence-corrected chi connectivity index (χ2v) is 11.6. The van der Waals surface area contributed by atoms with E-state index in [0.717, 1.165) is 16.6 Å². The molecule has 0 amide bonds. The van der Waals surface area contributed by atoms with Crippen molar-refractivity contribution in [2.75, 3.05) is 0 Å². The van der Waals surface area contributed by atoms with Crippen molar-refractivity contribution in [1.29, 1.82) is 5.26 Å². The number of aromatic nitrogens is 1. The minimum absolute atomic E-state index is 0.215. The first kappa shape index (κ1) is 14.8. The minimum atomic E-state index is -1.73. The van der Waals surface area contributed by atoms with Gasteiger partial charge in [0.25, 0.3) is 0 Å². The maximum atomic E-state index is 8.92. The van der Waals surface area contributed by atoms with Gasteiger partial charge in [0.05, 0.1) is 18.2 Å². The lowest BCUT2D eigenvalue weighted by atomic mass is 10.2. The number of nitrogens with one attached hydrogen (secondary N) is 1. The molecule has 1 N–H and O–H groups in total. The van der Waals surface area contributed by atoms with E-state index < -0.39 is 8.32 Å². The zero-order valence-electron chi connectivity index (χ0n) is 12.9. The largest absolute Gasteiger partial charge is 0.411 e. The van der Waals surface area contributed by atoms with Crippen LogP contribution in [0.25, 0.3) is 10.9 Å². The predicted molar refractivity (Wildman–Crippen MR) is 85.0 cm³/mol. The summed E-state index contributed by atoms with van der Waals surface area (Å²) in [5.74, 6) is 0. The standard InChI is InChI=1S/C16H22N2OSi/c1-16(2,3)20(4,5)19-11-14-9-13-7-6-12(10-17)8-15(13)18-14/h6-9,18H,11H2,1-5H3. The van der Waals surface area contributed by atoms with Crippen molar-refractivity contribution in [2.24, 2.45) is 0 Å². The van der Waals surface area contributed by atoms with E-state index >= 15 is 0 Å². The van der Waals surface area contributed by atoms with Crippen LogP contribution in [0.1, 0.15) is 32.0 Å². The van der Waals surface area contributed by atoms with E-state index in [1.807, 2.05) is 18.2 Å². The number of aromatic amines is 1. The first-order valence-electron chi connectivity index (χ1n) is 6.89. The SMILES string of the molecule is CC(C)(C)[Si](C)(C)OCc1cc2ccc(C#N)cc2[nH]1. The van der Waals surface area contributed by atoms with E-state index in [2.05, 4.69) is 51.0 Å². The normalized spacial score (nSPS) is 12.6. The number of rotatable bonds is 3. The zero-order valence-corrected chi connectivity index (χ0v) is 13.9. The van der Waals surface area contributed by atoms with Crippen LogP contribution in [0, 0.1) is 11.3 Å². The maximum absolute atomic E-state index is 8.92. The lowest BCUT2D eigenvalue weighted by Crippen LogP contribution is -2.40. The van der Waals surface area contributed by atoms with Crippen LogP contribution in [-0.4, -0.2) is 13.3 Å². The van der Waals surface area contributed by atoms with Gasteiger partial charge in [-0.1, -0.05) is 26.8 Å². The molecule has 0 aliphatic rings. The number of nitriles is 1. The Morgan fingerprint density at radius 3 is 2.55 bits per heavy atom. The highest BCUT2D eigenvalue weighted by atomic mass is 28.4. The highest BCUT2D eigenvalue weighted by molar-refractivity contribution is 6.74. The quantitative estimate of drug-likeness (QED) is 0.841. The molecule has 0 atom stereocenters. The number of H-pyrrole nitrogens is 1. The van der Waals surface area contributed by atoms with Crippen LogP contribution in [-0.2, 0) is 11.0 Å². The van der Waals surface area contributed by atoms with Crippen molar-refractivity contribution in [2.45, 2.75) is 45.5 Å². The first-order valence-corrected chi connectivity index (χ1v) is 9.79. The second kappa shape index (κ2) is 5.08. The Kier molecular flexibility index (Phi) is 3.77. The fourth-order valence-electron chi connectivity index (χ4n) is 1.81. The predicted octanol–water partition coefficient (Wildman–Crippen LogP) is 4.56. The van der Waals surface area contributed by atoms with Gasteiger partial charge in [0.15, 0.2) is 8.32 Å². The topological polar surface area (TPSA) is 48.8 Å². The summed E-state index contributed by atoms with van der Waals surface area (Å²) in [6.45, 7) is 11.8. The van der Waals surface area contributed by atoms with E-state index in [-0.39, 0.29) is 5.04 Å². The van der Waals surface area contributed by atoms with Crippen molar-refractivity contribution in [3.63, 3.8) is 0 Å². The Morgan fingerprint density at radius 2 is 1.95 bits per heavy atom. The average molecular weight is 286 g/mol. The maximum Gasteiger partial charge on any atom is 0.192 e. The molecule has 0 aliphatic heterocycles. The third-order valence-electron chi connectivity index (χ3n) is 4.20. The van der Waals surface area contributed by atoms with Crippen molar-refractivity contribution < 1.29 is 4.43 Å². The van der Waals surface area contributed by atoms with Crippen LogP contribution in [0.15, 0.2) is 24.3 Å². The van der Waals surface area contributed by atoms with Crippen molar-refractivity contribution >= 4 is 19.2 Å². The molecule has 0 saturated heterocycles. The number of hydrogen-bond acceptors (Lipinski definition) is 2. The summed E-state index contributed by atoms with van der Waals surface area (Å²) < 4.78 is 6.21. The Balaban J connectivity index is 2.17. The summed E-state index contributed by atoms with van der Waals surface area (Å²) in [6.07, 6.45) is 0. The summed E-state index contributed by atoms with van der Waals surface area (Å²) in [5.41, 5.74) is 2.74. The molecule has 3 nitrogen and oxygen atoms in total. The molecule has 1 aromatic carbocycles. The van der Waals surface area contributed by atoms with Gasteiger partial charge in [-0.2, -0.15) is 5.26 Å². The summed E-state index contributed by atoms with van der Waals surface area (Å²) >= 11 is 0. The van der Waals surface area contributed by atoms with Gasteiger partial charge >= 0.3 is 0 Å². The highest BCUT2D eigenvalue weighted by Gasteiger charge is 2.37. The van der Waals surface area contributed by atoms with Crippen molar-refractivity contribution in [3.8, 4) is 6.07 Å². The van der Waals surface area contributed by atoms with E-state index in [1.54, 1.807) is 0 Å². The van der Waals surface area contributed by atoms with Gasteiger partial charge in [0.2, 0.25) is 0 Å². The molecule has 0 radical (unpaired) electrons. The molecule has 1 aromatic heterocycles. The Morgan fingerprint density at radius 1 is 1.25 bits per heavy atom. The summed E-state index contributed by atoms with van der Waals surface area (Å²) in [6, 6.07) is 9.96. The van der Waals surface area contributed by atoms with Crippen LogP contribution in [0.4, 0.5) is 0 Å². The molecule has 0 unspecified atom stereocenters. The molecule has 20 heavy (non-hydrogen) atoms. The summed E-state index contributed by atoms with van der Waals surface area (Å²) in [4.78, 5) is 3.34. The van der Waals surface area contributed by atoms with Gasteiger partial charge in [-0.15, -0.1) is 0 Å². The molecule has 1 heterocycles. The molecular formula is C16H22N2OSi. The van der Waals surface area contributed by atoms with Gasteiger partial charge in [0, 0.05) is 11.2 Å². The first-order chi connectivity index (χ1) is 9.23. The minimum Gasteiger partial charge on any atom is -0.411 e. The van der Waals surface area contributed by atoms with Gasteiger partial charge in [-0.3, -0.25) is 0 Å². The summed E-state index contributed by atoms with van der Waals surface area (Å²) in [5, 5.41) is 10.3. The Hall–Kier alpha value is -1.57. The third kappa shape index (κ3) is 2.95. The van der Waals surface area contributed by atoms with Crippen LogP contribution < -0.4 is 0 Å². The smallest absolute Gasteiger partial charge is 0.192 e. The molecule has 2 aromatic rings. The van der Waals surface area contributed by atoms with E-state index in [1.165, 1.54) is 0 Å². The zero-order chi connectivity index (χ0) is 15.0. The van der Waals surface area contributed by atoms with Crippen molar-refractivity contribution in [3.05, 3.63) is 35.5 Å². The fraction of sp³-hybridized carbons (Fsp3) is 0.438.